The van der Waals surface area contributed by atoms with Gasteiger partial charge in [0.15, 0.2) is 8.59 Å². The van der Waals surface area contributed by atoms with E-state index in [1.54, 1.807) is 12.4 Å². The number of aliphatic imine (C=N–C) groups is 2. The van der Waals surface area contributed by atoms with Crippen molar-refractivity contribution in [1.29, 1.82) is 0 Å². The molecule has 0 bridgehead atoms. The van der Waals surface area contributed by atoms with E-state index in [1.165, 1.54) is 0 Å². The molecule has 0 radical (unpaired) electrons. The Bertz CT molecular complexity index is 1380. The van der Waals surface area contributed by atoms with Gasteiger partial charge in [-0.15, -0.1) is 0 Å². The Morgan fingerprint density at radius 1 is 0.600 bits per heavy atom. The summed E-state index contributed by atoms with van der Waals surface area (Å²) in [4.78, 5) is 11.6. The molecular formula is C34H46Cl8N4NiO3. The Hall–Kier alpha value is -0.706. The van der Waals surface area contributed by atoms with Gasteiger partial charge in [0.1, 0.15) is 11.4 Å². The molecule has 0 heterocycles. The third kappa shape index (κ3) is 19.4. The average Bonchev–Trinajstić information content (AvgIpc) is 2.90. The Morgan fingerprint density at radius 2 is 0.860 bits per heavy atom. The maximum atomic E-state index is 13.3. The summed E-state index contributed by atoms with van der Waals surface area (Å²) >= 11 is 28.8. The summed E-state index contributed by atoms with van der Waals surface area (Å²) in [5.74, 6) is -0.0260. The first-order valence-corrected chi connectivity index (χ1v) is 17.0. The van der Waals surface area contributed by atoms with Crippen molar-refractivity contribution in [2.75, 3.05) is 28.2 Å². The van der Waals surface area contributed by atoms with Crippen LogP contribution in [0.5, 0.6) is 11.5 Å². The zero-order valence-corrected chi connectivity index (χ0v) is 36.5. The standard InChI is InChI=1S/C32H42N4O2.2CHCl3.2ClH.Ni.H2O/c1-31(2,3)25-17-23(35(7)8)15-21(29(25)37)19-33-27-13-11-12-14-28(27)34-20-22-16-24(36(9)10)18-26(30(22)38)32(4,5)6;2*2-1(3)4;;;;/h11-20,37-38H,1-10H3;2*1H;2*1H;;1H2/q;;;;;+2;/p-2. The summed E-state index contributed by atoms with van der Waals surface area (Å²) in [5.41, 5.74) is 5.38. The zero-order chi connectivity index (χ0) is 35.6. The van der Waals surface area contributed by atoms with E-state index in [4.69, 9.17) is 69.6 Å². The van der Waals surface area contributed by atoms with Crippen molar-refractivity contribution in [2.24, 2.45) is 9.98 Å². The fraction of sp³-hybridized carbons (Fsp3) is 0.412. The molecule has 0 saturated carbocycles. The minimum Gasteiger partial charge on any atom is -1.00 e. The normalized spacial score (nSPS) is 11.3. The summed E-state index contributed by atoms with van der Waals surface area (Å²) < 4.78 is -1.50. The number of para-hydroxylation sites is 2. The number of alkyl halides is 6. The molecule has 3 rings (SSSR count). The van der Waals surface area contributed by atoms with E-state index in [2.05, 4.69) is 9.98 Å². The molecule has 0 saturated heterocycles. The molecule has 0 amide bonds. The first-order chi connectivity index (χ1) is 21.1. The van der Waals surface area contributed by atoms with Crippen molar-refractivity contribution in [1.82, 2.24) is 0 Å². The Kier molecular flexibility index (Phi) is 28.4. The number of quaternary nitrogens is 2. The molecular weight excluding hydrogens is 855 g/mol. The summed E-state index contributed by atoms with van der Waals surface area (Å²) in [5, 5.41) is 26.6. The Morgan fingerprint density at radius 3 is 1.08 bits per heavy atom. The Labute approximate surface area is 350 Å². The van der Waals surface area contributed by atoms with Crippen molar-refractivity contribution in [3.8, 4) is 11.5 Å². The van der Waals surface area contributed by atoms with Gasteiger partial charge in [0.2, 0.25) is 0 Å². The van der Waals surface area contributed by atoms with Crippen LogP contribution >= 0.6 is 69.6 Å². The smallest absolute Gasteiger partial charge is 1.00 e. The van der Waals surface area contributed by atoms with E-state index in [1.807, 2.05) is 118 Å². The van der Waals surface area contributed by atoms with Gasteiger partial charge < -0.3 is 50.3 Å². The predicted molar refractivity (Wildman–Crippen MR) is 201 cm³/mol. The number of hydrogen-bond donors (Lipinski definition) is 2. The summed E-state index contributed by atoms with van der Waals surface area (Å²) in [6, 6.07) is 15.3. The van der Waals surface area contributed by atoms with Gasteiger partial charge in [0.05, 0.1) is 39.6 Å². The first kappa shape index (κ1) is 56.0. The molecule has 0 aromatic heterocycles. The molecule has 0 aliphatic heterocycles. The van der Waals surface area contributed by atoms with E-state index < -0.39 is 8.59 Å². The maximum Gasteiger partial charge on any atom is 2.00 e. The monoisotopic (exact) mass is 896 g/mol. The van der Waals surface area contributed by atoms with Gasteiger partial charge >= 0.3 is 16.5 Å². The van der Waals surface area contributed by atoms with E-state index in [0.717, 1.165) is 32.3 Å². The summed E-state index contributed by atoms with van der Waals surface area (Å²) in [6.45, 7) is 12.3. The molecule has 16 heteroatoms. The maximum absolute atomic E-state index is 13.3. The number of halogens is 8. The molecule has 0 atom stereocenters. The van der Waals surface area contributed by atoms with Crippen molar-refractivity contribution >= 4 is 105 Å². The SMILES string of the molecule is C[NH+](C)c1cc(C=Nc2ccccc2N=Cc2cc([NH+](C)C)cc(C(C)(C)C)c2[O-])c([O-])c(C(C)(C)C)c1.ClC(Cl)Cl.ClC(Cl)Cl.O.[Cl-].[Cl-].[Ni+2]. The quantitative estimate of drug-likeness (QED) is 0.215. The molecule has 0 fully saturated rings. The van der Waals surface area contributed by atoms with Gasteiger partial charge in [-0.1, -0.05) is 135 Å². The third-order valence-corrected chi connectivity index (χ3v) is 6.57. The molecule has 7 nitrogen and oxygen atoms in total. The molecule has 0 aliphatic rings. The van der Waals surface area contributed by atoms with Gasteiger partial charge in [-0.05, 0) is 45.2 Å². The number of benzene rings is 3. The van der Waals surface area contributed by atoms with E-state index in [9.17, 15) is 10.2 Å². The number of hydrogen-bond acceptors (Lipinski definition) is 4. The molecule has 0 spiro atoms. The van der Waals surface area contributed by atoms with E-state index in [0.29, 0.717) is 22.5 Å². The van der Waals surface area contributed by atoms with Crippen LogP contribution in [0.4, 0.5) is 22.7 Å². The molecule has 0 unspecified atom stereocenters. The largest absolute Gasteiger partial charge is 2.00 e. The van der Waals surface area contributed by atoms with Gasteiger partial charge in [-0.3, -0.25) is 9.98 Å². The van der Waals surface area contributed by atoms with Crippen LogP contribution in [0.1, 0.15) is 63.8 Å². The van der Waals surface area contributed by atoms with Crippen LogP contribution in [0.3, 0.4) is 0 Å². The number of rotatable bonds is 6. The first-order valence-electron chi connectivity index (χ1n) is 14.4. The van der Waals surface area contributed by atoms with E-state index in [-0.39, 0.29) is 69.1 Å². The second kappa shape index (κ2) is 25.3. The van der Waals surface area contributed by atoms with Gasteiger partial charge in [0, 0.05) is 36.7 Å². The summed E-state index contributed by atoms with van der Waals surface area (Å²) in [7, 11) is 8.16. The van der Waals surface area contributed by atoms with E-state index >= 15 is 0 Å². The van der Waals surface area contributed by atoms with Crippen LogP contribution in [-0.4, -0.2) is 54.7 Å². The van der Waals surface area contributed by atoms with Gasteiger partial charge in [-0.2, -0.15) is 0 Å². The fourth-order valence-electron chi connectivity index (χ4n) is 4.15. The van der Waals surface area contributed by atoms with Crippen molar-refractivity contribution < 1.29 is 66.8 Å². The average molecular weight is 901 g/mol. The van der Waals surface area contributed by atoms with Crippen molar-refractivity contribution in [3.05, 3.63) is 70.8 Å². The van der Waals surface area contributed by atoms with Crippen LogP contribution in [-0.2, 0) is 27.3 Å². The minimum atomic E-state index is -0.750. The third-order valence-electron chi connectivity index (χ3n) is 6.57. The van der Waals surface area contributed by atoms with Crippen molar-refractivity contribution in [3.63, 3.8) is 0 Å². The zero-order valence-electron chi connectivity index (χ0n) is 29.5. The van der Waals surface area contributed by atoms with Gasteiger partial charge in [-0.25, -0.2) is 0 Å². The van der Waals surface area contributed by atoms with Crippen LogP contribution in [0, 0.1) is 0 Å². The Balaban J connectivity index is -0.000000797. The van der Waals surface area contributed by atoms with Gasteiger partial charge in [0.25, 0.3) is 0 Å². The van der Waals surface area contributed by atoms with Crippen LogP contribution in [0.2, 0.25) is 0 Å². The second-order valence-electron chi connectivity index (χ2n) is 12.9. The molecule has 3 aromatic rings. The number of nitrogens with zero attached hydrogens (tertiary/aromatic N) is 2. The van der Waals surface area contributed by atoms with Crippen LogP contribution < -0.4 is 44.8 Å². The molecule has 50 heavy (non-hydrogen) atoms. The predicted octanol–water partition coefficient (Wildman–Crippen LogP) is 0.636. The topological polar surface area (TPSA) is 111 Å². The fourth-order valence-corrected chi connectivity index (χ4v) is 4.15. The van der Waals surface area contributed by atoms with Crippen molar-refractivity contribution in [2.45, 2.75) is 61.0 Å². The number of nitrogens with one attached hydrogen (secondary N) is 2. The molecule has 4 N–H and O–H groups in total. The second-order valence-corrected chi connectivity index (χ2v) is 16.8. The molecule has 286 valence electrons. The minimum absolute atomic E-state index is 0. The van der Waals surface area contributed by atoms with Crippen LogP contribution in [0.25, 0.3) is 0 Å². The molecule has 3 aromatic carbocycles. The van der Waals surface area contributed by atoms with Crippen LogP contribution in [0.15, 0.2) is 58.5 Å². The molecule has 0 aliphatic carbocycles. The summed E-state index contributed by atoms with van der Waals surface area (Å²) in [6.07, 6.45) is 3.26.